The lowest BCUT2D eigenvalue weighted by Gasteiger charge is -2.11. The molecule has 4 aromatic rings. The first-order chi connectivity index (χ1) is 13.2. The van der Waals surface area contributed by atoms with Crippen LogP contribution in [-0.4, -0.2) is 0 Å². The minimum atomic E-state index is -0.0339. The highest BCUT2D eigenvalue weighted by Gasteiger charge is 2.16. The van der Waals surface area contributed by atoms with E-state index in [4.69, 9.17) is 10.5 Å². The van der Waals surface area contributed by atoms with Crippen molar-refractivity contribution in [1.82, 2.24) is 0 Å². The highest BCUT2D eigenvalue weighted by molar-refractivity contribution is 7.22. The SMILES string of the molecule is N#Cc1ccc(-c2sc3ccccc3c(=O)c2-c2ccc(C#N)cc2)cc1. The maximum atomic E-state index is 13.3. The molecule has 3 aromatic carbocycles. The molecule has 0 fully saturated rings. The Labute approximate surface area is 160 Å². The molecule has 0 aliphatic heterocycles. The van der Waals surface area contributed by atoms with Gasteiger partial charge in [0.2, 0.25) is 0 Å². The number of fused-ring (bicyclic) bond motifs is 1. The van der Waals surface area contributed by atoms with Crippen LogP contribution in [0.1, 0.15) is 11.1 Å². The van der Waals surface area contributed by atoms with Gasteiger partial charge in [-0.05, 0) is 47.5 Å². The Hall–Kier alpha value is -3.73. The Bertz CT molecular complexity index is 1290. The summed E-state index contributed by atoms with van der Waals surface area (Å²) in [5, 5.41) is 18.8. The molecular weight excluding hydrogens is 352 g/mol. The van der Waals surface area contributed by atoms with Crippen molar-refractivity contribution >= 4 is 21.4 Å². The largest absolute Gasteiger partial charge is 0.288 e. The third-order valence-corrected chi connectivity index (χ3v) is 5.60. The fourth-order valence-corrected chi connectivity index (χ4v) is 4.22. The van der Waals surface area contributed by atoms with Crippen molar-refractivity contribution in [3.05, 3.63) is 94.1 Å². The molecule has 27 heavy (non-hydrogen) atoms. The number of hydrogen-bond acceptors (Lipinski definition) is 4. The second-order valence-electron chi connectivity index (χ2n) is 6.01. The Kier molecular flexibility index (Phi) is 4.26. The smallest absolute Gasteiger partial charge is 0.196 e. The maximum Gasteiger partial charge on any atom is 0.196 e. The summed E-state index contributed by atoms with van der Waals surface area (Å²) in [6.07, 6.45) is 0. The molecule has 0 saturated carbocycles. The van der Waals surface area contributed by atoms with E-state index in [2.05, 4.69) is 12.1 Å². The van der Waals surface area contributed by atoms with Crippen LogP contribution >= 0.6 is 11.3 Å². The maximum absolute atomic E-state index is 13.3. The summed E-state index contributed by atoms with van der Waals surface area (Å²) < 4.78 is 0.916. The molecule has 1 heterocycles. The van der Waals surface area contributed by atoms with Crippen molar-refractivity contribution in [2.75, 3.05) is 0 Å². The van der Waals surface area contributed by atoms with Crippen LogP contribution in [0.2, 0.25) is 0 Å². The van der Waals surface area contributed by atoms with Crippen LogP contribution < -0.4 is 5.43 Å². The lowest BCUT2D eigenvalue weighted by atomic mass is 9.99. The lowest BCUT2D eigenvalue weighted by molar-refractivity contribution is 1.48. The van der Waals surface area contributed by atoms with Crippen molar-refractivity contribution in [3.8, 4) is 33.7 Å². The van der Waals surface area contributed by atoms with Gasteiger partial charge in [0.25, 0.3) is 0 Å². The van der Waals surface area contributed by atoms with Gasteiger partial charge in [-0.25, -0.2) is 0 Å². The molecule has 0 saturated heterocycles. The van der Waals surface area contributed by atoms with E-state index < -0.39 is 0 Å². The highest BCUT2D eigenvalue weighted by atomic mass is 32.1. The molecule has 0 amide bonds. The van der Waals surface area contributed by atoms with Gasteiger partial charge in [0.1, 0.15) is 0 Å². The molecule has 0 spiro atoms. The lowest BCUT2D eigenvalue weighted by Crippen LogP contribution is -2.06. The summed E-state index contributed by atoms with van der Waals surface area (Å²) in [6, 6.07) is 26.1. The molecule has 0 bridgehead atoms. The topological polar surface area (TPSA) is 64.7 Å². The molecular formula is C23H12N2OS. The van der Waals surface area contributed by atoms with Gasteiger partial charge >= 0.3 is 0 Å². The number of benzene rings is 3. The number of hydrogen-bond donors (Lipinski definition) is 0. The fourth-order valence-electron chi connectivity index (χ4n) is 3.02. The van der Waals surface area contributed by atoms with Crippen LogP contribution in [0.4, 0.5) is 0 Å². The standard InChI is InChI=1S/C23H12N2OS/c24-13-15-5-9-17(10-6-15)21-22(26)19-3-1-2-4-20(19)27-23(21)18-11-7-16(14-25)8-12-18/h1-12H. The summed E-state index contributed by atoms with van der Waals surface area (Å²) >= 11 is 1.55. The molecule has 0 aliphatic rings. The van der Waals surface area contributed by atoms with Crippen molar-refractivity contribution in [1.29, 1.82) is 10.5 Å². The van der Waals surface area contributed by atoms with E-state index in [9.17, 15) is 4.79 Å². The molecule has 0 aliphatic carbocycles. The van der Waals surface area contributed by atoms with Crippen molar-refractivity contribution in [2.24, 2.45) is 0 Å². The Morgan fingerprint density at radius 1 is 0.704 bits per heavy atom. The molecule has 0 N–H and O–H groups in total. The molecule has 0 radical (unpaired) electrons. The average molecular weight is 364 g/mol. The van der Waals surface area contributed by atoms with Crippen molar-refractivity contribution < 1.29 is 0 Å². The Morgan fingerprint density at radius 3 is 1.85 bits per heavy atom. The first-order valence-electron chi connectivity index (χ1n) is 8.28. The van der Waals surface area contributed by atoms with Crippen LogP contribution in [-0.2, 0) is 0 Å². The second kappa shape index (κ2) is 6.88. The predicted octanol–water partition coefficient (Wildman–Crippen LogP) is 5.34. The van der Waals surface area contributed by atoms with Crippen molar-refractivity contribution in [2.45, 2.75) is 0 Å². The Morgan fingerprint density at radius 2 is 1.26 bits per heavy atom. The van der Waals surface area contributed by atoms with E-state index in [1.165, 1.54) is 0 Å². The van der Waals surface area contributed by atoms with E-state index in [0.29, 0.717) is 22.1 Å². The zero-order valence-corrected chi connectivity index (χ0v) is 15.0. The summed E-state index contributed by atoms with van der Waals surface area (Å²) in [5.74, 6) is 0. The number of rotatable bonds is 2. The summed E-state index contributed by atoms with van der Waals surface area (Å²) in [5.41, 5.74) is 3.38. The van der Waals surface area contributed by atoms with Gasteiger partial charge in [-0.15, -0.1) is 11.3 Å². The van der Waals surface area contributed by atoms with E-state index in [0.717, 1.165) is 20.7 Å². The zero-order valence-electron chi connectivity index (χ0n) is 14.1. The van der Waals surface area contributed by atoms with Gasteiger partial charge in [0.15, 0.2) is 5.43 Å². The van der Waals surface area contributed by atoms with E-state index >= 15 is 0 Å². The Balaban J connectivity index is 2.04. The van der Waals surface area contributed by atoms with Crippen LogP contribution in [0.25, 0.3) is 31.7 Å². The van der Waals surface area contributed by atoms with Gasteiger partial charge < -0.3 is 0 Å². The van der Waals surface area contributed by atoms with Crippen LogP contribution in [0.3, 0.4) is 0 Å². The van der Waals surface area contributed by atoms with Crippen LogP contribution in [0.5, 0.6) is 0 Å². The van der Waals surface area contributed by atoms with E-state index in [1.807, 2.05) is 48.5 Å². The summed E-state index contributed by atoms with van der Waals surface area (Å²) in [6.45, 7) is 0. The summed E-state index contributed by atoms with van der Waals surface area (Å²) in [4.78, 5) is 14.1. The molecule has 1 aromatic heterocycles. The predicted molar refractivity (Wildman–Crippen MR) is 108 cm³/mol. The normalized spacial score (nSPS) is 10.3. The molecule has 0 unspecified atom stereocenters. The second-order valence-corrected chi connectivity index (χ2v) is 7.06. The minimum absolute atomic E-state index is 0.0339. The fraction of sp³-hybridized carbons (Fsp3) is 0. The molecule has 4 rings (SSSR count). The van der Waals surface area contributed by atoms with Crippen molar-refractivity contribution in [3.63, 3.8) is 0 Å². The molecule has 0 atom stereocenters. The van der Waals surface area contributed by atoms with Crippen LogP contribution in [0, 0.1) is 22.7 Å². The molecule has 4 heteroatoms. The van der Waals surface area contributed by atoms with Gasteiger partial charge in [0, 0.05) is 20.5 Å². The molecule has 3 nitrogen and oxygen atoms in total. The van der Waals surface area contributed by atoms with E-state index in [1.54, 1.807) is 35.6 Å². The first kappa shape index (κ1) is 16.7. The summed E-state index contributed by atoms with van der Waals surface area (Å²) in [7, 11) is 0. The van der Waals surface area contributed by atoms with Gasteiger partial charge in [-0.2, -0.15) is 10.5 Å². The third kappa shape index (κ3) is 3.00. The molecule has 126 valence electrons. The number of nitrogens with zero attached hydrogens (tertiary/aromatic N) is 2. The van der Waals surface area contributed by atoms with Gasteiger partial charge in [0.05, 0.1) is 23.3 Å². The average Bonchev–Trinajstić information content (AvgIpc) is 2.74. The quantitative estimate of drug-likeness (QED) is 0.482. The van der Waals surface area contributed by atoms with E-state index in [-0.39, 0.29) is 5.43 Å². The van der Waals surface area contributed by atoms with Gasteiger partial charge in [-0.1, -0.05) is 36.4 Å². The minimum Gasteiger partial charge on any atom is -0.288 e. The van der Waals surface area contributed by atoms with Gasteiger partial charge in [-0.3, -0.25) is 4.79 Å². The number of nitriles is 2. The highest BCUT2D eigenvalue weighted by Crippen LogP contribution is 2.36. The zero-order chi connectivity index (χ0) is 18.8. The van der Waals surface area contributed by atoms with Crippen LogP contribution in [0.15, 0.2) is 77.6 Å². The first-order valence-corrected chi connectivity index (χ1v) is 9.10. The monoisotopic (exact) mass is 364 g/mol. The third-order valence-electron chi connectivity index (χ3n) is 4.38.